The molecule has 1 aliphatic carbocycles. The molecule has 31 heavy (non-hydrogen) atoms. The summed E-state index contributed by atoms with van der Waals surface area (Å²) in [6, 6.07) is 15.5. The summed E-state index contributed by atoms with van der Waals surface area (Å²) in [5.74, 6) is 0.363. The van der Waals surface area contributed by atoms with E-state index in [4.69, 9.17) is 4.74 Å². The van der Waals surface area contributed by atoms with E-state index in [1.54, 1.807) is 24.3 Å². The predicted molar refractivity (Wildman–Crippen MR) is 124 cm³/mol. The zero-order chi connectivity index (χ0) is 22.1. The first-order valence-corrected chi connectivity index (χ1v) is 12.2. The third-order valence-corrected chi connectivity index (χ3v) is 6.41. The number of hydrogen-bond acceptors (Lipinski definition) is 4. The van der Waals surface area contributed by atoms with Gasteiger partial charge >= 0.3 is 0 Å². The summed E-state index contributed by atoms with van der Waals surface area (Å²) in [6.07, 6.45) is 6.59. The third kappa shape index (κ3) is 7.52. The first kappa shape index (κ1) is 23.0. The number of carbonyl (C=O) groups excluding carboxylic acids is 1. The Bertz CT molecular complexity index is 972. The van der Waals surface area contributed by atoms with Crippen LogP contribution in [0.25, 0.3) is 6.08 Å². The standard InChI is InChI=1S/C24H30N2O4S/c1-19-7-5-6-10-23(19)30-17-16-25-24(27)21-11-13-22(14-12-21)26-31(28,29)18-15-20-8-3-2-4-9-20/h2-4,8-9,11-15,18-19,23,26H,5-7,10,16-17H2,1H3,(H,25,27)/b18-15+. The highest BCUT2D eigenvalue weighted by Gasteiger charge is 2.21. The number of anilines is 1. The molecular formula is C24H30N2O4S. The van der Waals surface area contributed by atoms with Crippen LogP contribution in [0.5, 0.6) is 0 Å². The first-order chi connectivity index (χ1) is 14.9. The molecule has 0 bridgehead atoms. The molecular weight excluding hydrogens is 412 g/mol. The number of benzene rings is 2. The second kappa shape index (κ2) is 11.1. The molecule has 1 amide bonds. The SMILES string of the molecule is CC1CCCCC1OCCNC(=O)c1ccc(NS(=O)(=O)/C=C/c2ccccc2)cc1. The van der Waals surface area contributed by atoms with Gasteiger partial charge in [-0.05, 0) is 54.7 Å². The van der Waals surface area contributed by atoms with Gasteiger partial charge in [-0.3, -0.25) is 9.52 Å². The maximum absolute atomic E-state index is 12.3. The molecule has 2 aromatic carbocycles. The lowest BCUT2D eigenvalue weighted by atomic mass is 9.88. The fraction of sp³-hybridized carbons (Fsp3) is 0.375. The van der Waals surface area contributed by atoms with Crippen LogP contribution in [0, 0.1) is 5.92 Å². The van der Waals surface area contributed by atoms with Crippen LogP contribution in [0.1, 0.15) is 48.5 Å². The Balaban J connectivity index is 1.45. The van der Waals surface area contributed by atoms with Crippen LogP contribution in [0.4, 0.5) is 5.69 Å². The summed E-state index contributed by atoms with van der Waals surface area (Å²) < 4.78 is 32.9. The van der Waals surface area contributed by atoms with Gasteiger partial charge in [-0.15, -0.1) is 0 Å². The first-order valence-electron chi connectivity index (χ1n) is 10.7. The van der Waals surface area contributed by atoms with Gasteiger partial charge < -0.3 is 10.1 Å². The van der Waals surface area contributed by atoms with Crippen molar-refractivity contribution in [1.82, 2.24) is 5.32 Å². The van der Waals surface area contributed by atoms with E-state index in [9.17, 15) is 13.2 Å². The van der Waals surface area contributed by atoms with E-state index in [0.717, 1.165) is 17.4 Å². The number of hydrogen-bond donors (Lipinski definition) is 2. The molecule has 0 radical (unpaired) electrons. The average molecular weight is 443 g/mol. The van der Waals surface area contributed by atoms with Crippen LogP contribution in [0.15, 0.2) is 60.0 Å². The fourth-order valence-corrected chi connectivity index (χ4v) is 4.50. The van der Waals surface area contributed by atoms with E-state index >= 15 is 0 Å². The summed E-state index contributed by atoms with van der Waals surface area (Å²) in [7, 11) is -3.65. The lowest BCUT2D eigenvalue weighted by Gasteiger charge is -2.28. The number of amides is 1. The monoisotopic (exact) mass is 442 g/mol. The molecule has 166 valence electrons. The zero-order valence-electron chi connectivity index (χ0n) is 17.8. The Labute approximate surface area is 184 Å². The Morgan fingerprint density at radius 2 is 1.77 bits per heavy atom. The van der Waals surface area contributed by atoms with Crippen LogP contribution in [-0.4, -0.2) is 33.6 Å². The summed E-state index contributed by atoms with van der Waals surface area (Å²) in [4.78, 5) is 12.3. The minimum absolute atomic E-state index is 0.210. The Morgan fingerprint density at radius 3 is 2.48 bits per heavy atom. The highest BCUT2D eigenvalue weighted by atomic mass is 32.2. The predicted octanol–water partition coefficient (Wildman–Crippen LogP) is 4.42. The summed E-state index contributed by atoms with van der Waals surface area (Å²) in [6.45, 7) is 3.16. The van der Waals surface area contributed by atoms with E-state index in [1.807, 2.05) is 30.3 Å². The maximum Gasteiger partial charge on any atom is 0.255 e. The van der Waals surface area contributed by atoms with Crippen molar-refractivity contribution in [2.45, 2.75) is 38.7 Å². The molecule has 6 nitrogen and oxygen atoms in total. The van der Waals surface area contributed by atoms with E-state index in [0.29, 0.717) is 30.3 Å². The smallest absolute Gasteiger partial charge is 0.255 e. The molecule has 0 aromatic heterocycles. The van der Waals surface area contributed by atoms with Crippen molar-refractivity contribution >= 4 is 27.7 Å². The van der Waals surface area contributed by atoms with Crippen molar-refractivity contribution in [3.8, 4) is 0 Å². The van der Waals surface area contributed by atoms with Gasteiger partial charge in [-0.1, -0.05) is 50.1 Å². The van der Waals surface area contributed by atoms with Gasteiger partial charge in [-0.25, -0.2) is 8.42 Å². The highest BCUT2D eigenvalue weighted by molar-refractivity contribution is 7.95. The van der Waals surface area contributed by atoms with Crippen molar-refractivity contribution in [2.75, 3.05) is 17.9 Å². The molecule has 0 saturated heterocycles. The normalized spacial score (nSPS) is 19.3. The van der Waals surface area contributed by atoms with Crippen molar-refractivity contribution in [3.05, 3.63) is 71.1 Å². The van der Waals surface area contributed by atoms with E-state index < -0.39 is 10.0 Å². The van der Waals surface area contributed by atoms with Crippen LogP contribution in [-0.2, 0) is 14.8 Å². The van der Waals surface area contributed by atoms with Gasteiger partial charge in [0.2, 0.25) is 0 Å². The lowest BCUT2D eigenvalue weighted by Crippen LogP contribution is -2.31. The zero-order valence-corrected chi connectivity index (χ0v) is 18.6. The molecule has 3 rings (SSSR count). The molecule has 1 aliphatic rings. The maximum atomic E-state index is 12.3. The third-order valence-electron chi connectivity index (χ3n) is 5.40. The number of ether oxygens (including phenoxy) is 1. The molecule has 2 aromatic rings. The number of sulfonamides is 1. The summed E-state index contributed by atoms with van der Waals surface area (Å²) in [5.41, 5.74) is 1.65. The van der Waals surface area contributed by atoms with Crippen molar-refractivity contribution in [2.24, 2.45) is 5.92 Å². The molecule has 1 saturated carbocycles. The number of carbonyl (C=O) groups is 1. The quantitative estimate of drug-likeness (QED) is 0.563. The van der Waals surface area contributed by atoms with Crippen LogP contribution < -0.4 is 10.0 Å². The van der Waals surface area contributed by atoms with Crippen LogP contribution in [0.2, 0.25) is 0 Å². The van der Waals surface area contributed by atoms with Gasteiger partial charge in [-0.2, -0.15) is 0 Å². The van der Waals surface area contributed by atoms with Gasteiger partial charge in [0.25, 0.3) is 15.9 Å². The molecule has 2 atom stereocenters. The van der Waals surface area contributed by atoms with Gasteiger partial charge in [0, 0.05) is 17.8 Å². The summed E-state index contributed by atoms with van der Waals surface area (Å²) >= 11 is 0. The van der Waals surface area contributed by atoms with Crippen molar-refractivity contribution in [3.63, 3.8) is 0 Å². The van der Waals surface area contributed by atoms with Gasteiger partial charge in [0.05, 0.1) is 18.1 Å². The lowest BCUT2D eigenvalue weighted by molar-refractivity contribution is -0.00293. The van der Waals surface area contributed by atoms with Gasteiger partial charge in [0.1, 0.15) is 0 Å². The minimum Gasteiger partial charge on any atom is -0.376 e. The highest BCUT2D eigenvalue weighted by Crippen LogP contribution is 2.26. The van der Waals surface area contributed by atoms with Crippen molar-refractivity contribution in [1.29, 1.82) is 0 Å². The molecule has 0 aliphatic heterocycles. The second-order valence-electron chi connectivity index (χ2n) is 7.86. The molecule has 2 unspecified atom stereocenters. The second-order valence-corrected chi connectivity index (χ2v) is 9.43. The van der Waals surface area contributed by atoms with Crippen LogP contribution in [0.3, 0.4) is 0 Å². The van der Waals surface area contributed by atoms with E-state index in [1.165, 1.54) is 25.3 Å². The fourth-order valence-electron chi connectivity index (χ4n) is 3.63. The van der Waals surface area contributed by atoms with E-state index in [-0.39, 0.29) is 12.0 Å². The molecule has 0 spiro atoms. The molecule has 7 heteroatoms. The topological polar surface area (TPSA) is 84.5 Å². The van der Waals surface area contributed by atoms with Crippen molar-refractivity contribution < 1.29 is 17.9 Å². The average Bonchev–Trinajstić information content (AvgIpc) is 2.77. The van der Waals surface area contributed by atoms with Gasteiger partial charge in [0.15, 0.2) is 0 Å². The minimum atomic E-state index is -3.65. The van der Waals surface area contributed by atoms with Crippen LogP contribution >= 0.6 is 0 Å². The summed E-state index contributed by atoms with van der Waals surface area (Å²) in [5, 5.41) is 3.97. The Hall–Kier alpha value is -2.64. The Morgan fingerprint density at radius 1 is 1.06 bits per heavy atom. The molecule has 0 heterocycles. The largest absolute Gasteiger partial charge is 0.376 e. The molecule has 1 fully saturated rings. The van der Waals surface area contributed by atoms with E-state index in [2.05, 4.69) is 17.0 Å². The number of nitrogens with one attached hydrogen (secondary N) is 2. The number of rotatable bonds is 9. The Kier molecular flexibility index (Phi) is 8.26. The molecule has 2 N–H and O–H groups in total.